The fraction of sp³-hybridized carbons (Fsp3) is 0.700. The van der Waals surface area contributed by atoms with Gasteiger partial charge >= 0.3 is 0 Å². The lowest BCUT2D eigenvalue weighted by Gasteiger charge is -2.30. The highest BCUT2D eigenvalue weighted by Gasteiger charge is 2.13. The summed E-state index contributed by atoms with van der Waals surface area (Å²) in [5.74, 6) is 0.710. The predicted octanol–water partition coefficient (Wildman–Crippen LogP) is 3.81. The standard InChI is InChI=1S/C20H35NO4S/c1-21(2,17-11-13-19-26(22,23)24)16-10-5-3-4-6-12-18-25-20-14-8-7-9-15-20/h7-9,14-15H,3-6,10-13,16-19H2,1-2H3. The van der Waals surface area contributed by atoms with E-state index in [2.05, 4.69) is 14.1 Å². The van der Waals surface area contributed by atoms with Crippen LogP contribution in [0.15, 0.2) is 30.3 Å². The highest BCUT2D eigenvalue weighted by atomic mass is 32.2. The molecule has 5 nitrogen and oxygen atoms in total. The van der Waals surface area contributed by atoms with E-state index in [1.807, 2.05) is 30.3 Å². The second kappa shape index (κ2) is 12.3. The quantitative estimate of drug-likeness (QED) is 0.262. The predicted molar refractivity (Wildman–Crippen MR) is 105 cm³/mol. The minimum absolute atomic E-state index is 0.235. The minimum Gasteiger partial charge on any atom is -0.748 e. The van der Waals surface area contributed by atoms with Gasteiger partial charge in [-0.2, -0.15) is 0 Å². The summed E-state index contributed by atoms with van der Waals surface area (Å²) >= 11 is 0. The van der Waals surface area contributed by atoms with E-state index >= 15 is 0 Å². The maximum atomic E-state index is 10.6. The van der Waals surface area contributed by atoms with E-state index in [-0.39, 0.29) is 5.75 Å². The highest BCUT2D eigenvalue weighted by Crippen LogP contribution is 2.12. The Morgan fingerprint density at radius 3 is 2.00 bits per heavy atom. The molecule has 0 aliphatic rings. The molecule has 0 N–H and O–H groups in total. The van der Waals surface area contributed by atoms with Gasteiger partial charge in [-0.25, -0.2) is 8.42 Å². The first kappa shape index (κ1) is 22.9. The maximum absolute atomic E-state index is 10.6. The Hall–Kier alpha value is -1.11. The lowest BCUT2D eigenvalue weighted by Crippen LogP contribution is -2.41. The minimum atomic E-state index is -4.06. The third kappa shape index (κ3) is 13.1. The Kier molecular flexibility index (Phi) is 10.9. The van der Waals surface area contributed by atoms with Crippen molar-refractivity contribution in [3.63, 3.8) is 0 Å². The molecule has 0 radical (unpaired) electrons. The van der Waals surface area contributed by atoms with Crippen LogP contribution in [0.5, 0.6) is 5.75 Å². The summed E-state index contributed by atoms with van der Waals surface area (Å²) in [7, 11) is 0.289. The Morgan fingerprint density at radius 1 is 0.846 bits per heavy atom. The molecule has 0 aromatic heterocycles. The third-order valence-electron chi connectivity index (χ3n) is 4.58. The van der Waals surface area contributed by atoms with Crippen molar-refractivity contribution in [1.82, 2.24) is 0 Å². The summed E-state index contributed by atoms with van der Waals surface area (Å²) in [4.78, 5) is 0. The molecular weight excluding hydrogens is 350 g/mol. The van der Waals surface area contributed by atoms with Crippen molar-refractivity contribution < 1.29 is 22.2 Å². The first-order chi connectivity index (χ1) is 12.3. The lowest BCUT2D eigenvalue weighted by molar-refractivity contribution is -0.890. The van der Waals surface area contributed by atoms with E-state index in [0.29, 0.717) is 6.42 Å². The molecule has 0 bridgehead atoms. The fourth-order valence-corrected chi connectivity index (χ4v) is 3.54. The molecule has 0 saturated carbocycles. The van der Waals surface area contributed by atoms with Gasteiger partial charge in [0.25, 0.3) is 0 Å². The topological polar surface area (TPSA) is 66.4 Å². The van der Waals surface area contributed by atoms with Crippen LogP contribution in [0.25, 0.3) is 0 Å². The number of hydrogen-bond donors (Lipinski definition) is 0. The van der Waals surface area contributed by atoms with Gasteiger partial charge in [-0.15, -0.1) is 0 Å². The SMILES string of the molecule is C[N+](C)(CCCCCCCCOc1ccccc1)CCCCS(=O)(=O)[O-]. The van der Waals surface area contributed by atoms with Crippen LogP contribution >= 0.6 is 0 Å². The summed E-state index contributed by atoms with van der Waals surface area (Å²) in [6, 6.07) is 9.94. The zero-order chi connectivity index (χ0) is 19.3. The van der Waals surface area contributed by atoms with E-state index in [1.165, 1.54) is 32.1 Å². The van der Waals surface area contributed by atoms with Gasteiger partial charge in [-0.3, -0.25) is 0 Å². The molecule has 1 aromatic rings. The first-order valence-corrected chi connectivity index (χ1v) is 11.3. The molecule has 1 aromatic carbocycles. The van der Waals surface area contributed by atoms with E-state index in [0.717, 1.165) is 42.8 Å². The van der Waals surface area contributed by atoms with Crippen molar-refractivity contribution in [2.75, 3.05) is 39.5 Å². The number of hydrogen-bond acceptors (Lipinski definition) is 4. The van der Waals surface area contributed by atoms with E-state index in [9.17, 15) is 13.0 Å². The summed E-state index contributed by atoms with van der Waals surface area (Å²) < 4.78 is 38.4. The zero-order valence-electron chi connectivity index (χ0n) is 16.4. The number of nitrogens with zero attached hydrogens (tertiary/aromatic N) is 1. The van der Waals surface area contributed by atoms with Crippen LogP contribution in [0.1, 0.15) is 51.4 Å². The fourth-order valence-electron chi connectivity index (χ4n) is 2.99. The van der Waals surface area contributed by atoms with Crippen molar-refractivity contribution in [3.8, 4) is 5.75 Å². The highest BCUT2D eigenvalue weighted by molar-refractivity contribution is 7.85. The van der Waals surface area contributed by atoms with E-state index in [1.54, 1.807) is 0 Å². The Morgan fingerprint density at radius 2 is 1.38 bits per heavy atom. The molecule has 6 heteroatoms. The normalized spacial score (nSPS) is 12.3. The van der Waals surface area contributed by atoms with E-state index < -0.39 is 10.1 Å². The van der Waals surface area contributed by atoms with Gasteiger partial charge in [0.1, 0.15) is 5.75 Å². The Bertz CT molecular complexity index is 573. The second-order valence-electron chi connectivity index (χ2n) is 7.63. The Labute approximate surface area is 159 Å². The molecule has 0 unspecified atom stereocenters. The monoisotopic (exact) mass is 385 g/mol. The van der Waals surface area contributed by atoms with Gasteiger partial charge in [-0.05, 0) is 44.2 Å². The molecule has 0 aliphatic carbocycles. The average Bonchev–Trinajstić information content (AvgIpc) is 2.57. The van der Waals surface area contributed by atoms with Crippen molar-refractivity contribution in [1.29, 1.82) is 0 Å². The summed E-state index contributed by atoms with van der Waals surface area (Å²) in [5.41, 5.74) is 0. The Balaban J connectivity index is 1.93. The average molecular weight is 386 g/mol. The molecule has 0 amide bonds. The lowest BCUT2D eigenvalue weighted by atomic mass is 10.1. The van der Waals surface area contributed by atoms with Crippen LogP contribution in [0, 0.1) is 0 Å². The molecule has 0 saturated heterocycles. The van der Waals surface area contributed by atoms with Crippen molar-refractivity contribution >= 4 is 10.1 Å². The van der Waals surface area contributed by atoms with Crippen LogP contribution in [0.2, 0.25) is 0 Å². The van der Waals surface area contributed by atoms with Crippen LogP contribution in [0.3, 0.4) is 0 Å². The molecule has 26 heavy (non-hydrogen) atoms. The van der Waals surface area contributed by atoms with Crippen LogP contribution in [0.4, 0.5) is 0 Å². The van der Waals surface area contributed by atoms with Gasteiger partial charge in [-0.1, -0.05) is 37.5 Å². The molecule has 0 aliphatic heterocycles. The van der Waals surface area contributed by atoms with Gasteiger partial charge in [0.2, 0.25) is 0 Å². The van der Waals surface area contributed by atoms with Crippen LogP contribution < -0.4 is 4.74 Å². The molecular formula is C20H35NO4S. The smallest absolute Gasteiger partial charge is 0.119 e. The van der Waals surface area contributed by atoms with Gasteiger partial charge < -0.3 is 13.8 Å². The molecule has 0 heterocycles. The summed E-state index contributed by atoms with van der Waals surface area (Å²) in [6.07, 6.45) is 8.47. The number of unbranched alkanes of at least 4 members (excludes halogenated alkanes) is 6. The molecule has 150 valence electrons. The largest absolute Gasteiger partial charge is 0.748 e. The summed E-state index contributed by atoms with van der Waals surface area (Å²) in [6.45, 7) is 2.81. The zero-order valence-corrected chi connectivity index (χ0v) is 17.2. The maximum Gasteiger partial charge on any atom is 0.119 e. The van der Waals surface area contributed by atoms with Crippen molar-refractivity contribution in [2.45, 2.75) is 51.4 Å². The number of para-hydroxylation sites is 1. The molecule has 0 fully saturated rings. The van der Waals surface area contributed by atoms with Gasteiger partial charge in [0.05, 0.1) is 43.9 Å². The first-order valence-electron chi connectivity index (χ1n) is 9.72. The molecule has 0 spiro atoms. The number of rotatable bonds is 15. The molecule has 0 atom stereocenters. The number of ether oxygens (including phenoxy) is 1. The van der Waals surface area contributed by atoms with E-state index in [4.69, 9.17) is 4.74 Å². The number of quaternary nitrogens is 1. The van der Waals surface area contributed by atoms with Crippen molar-refractivity contribution in [2.24, 2.45) is 0 Å². The third-order valence-corrected chi connectivity index (χ3v) is 5.37. The van der Waals surface area contributed by atoms with Gasteiger partial charge in [0, 0.05) is 5.75 Å². The van der Waals surface area contributed by atoms with Crippen LogP contribution in [-0.4, -0.2) is 57.0 Å². The van der Waals surface area contributed by atoms with Gasteiger partial charge in [0.15, 0.2) is 0 Å². The van der Waals surface area contributed by atoms with Crippen molar-refractivity contribution in [3.05, 3.63) is 30.3 Å². The summed E-state index contributed by atoms with van der Waals surface area (Å²) in [5, 5.41) is 0. The number of benzene rings is 1. The van der Waals surface area contributed by atoms with Crippen LogP contribution in [-0.2, 0) is 10.1 Å². The molecule has 1 rings (SSSR count). The second-order valence-corrected chi connectivity index (χ2v) is 9.16.